The van der Waals surface area contributed by atoms with E-state index in [1.165, 1.54) is 3.58 Å². The molecule has 1 aromatic carbocycles. The van der Waals surface area contributed by atoms with Crippen LogP contribution < -0.4 is 3.58 Å². The summed E-state index contributed by atoms with van der Waals surface area (Å²) in [7, 11) is 0. The van der Waals surface area contributed by atoms with Gasteiger partial charge < -0.3 is 0 Å². The van der Waals surface area contributed by atoms with Crippen molar-refractivity contribution in [2.45, 2.75) is 21.4 Å². The number of pyridine rings is 1. The molecule has 102 valence electrons. The Bertz CT molecular complexity index is 717. The molecule has 1 aromatic heterocycles. The zero-order chi connectivity index (χ0) is 14.5. The Morgan fingerprint density at radius 1 is 1.05 bits per heavy atom. The summed E-state index contributed by atoms with van der Waals surface area (Å²) in [6.07, 6.45) is 0. The molecule has 0 atom stereocenters. The number of carbonyl (C=O) groups excluding carboxylic acids is 1. The van der Waals surface area contributed by atoms with Crippen LogP contribution in [0.15, 0.2) is 30.3 Å². The van der Waals surface area contributed by atoms with Crippen LogP contribution in [0.5, 0.6) is 0 Å². The molecular formula is C16H17NO2Sn. The van der Waals surface area contributed by atoms with E-state index >= 15 is 0 Å². The summed E-state index contributed by atoms with van der Waals surface area (Å²) in [4.78, 5) is 23.9. The van der Waals surface area contributed by atoms with Gasteiger partial charge in [-0.25, -0.2) is 0 Å². The zero-order valence-corrected chi connectivity index (χ0v) is 14.8. The van der Waals surface area contributed by atoms with Crippen LogP contribution in [0.4, 0.5) is 0 Å². The topological polar surface area (TPSA) is 50.2 Å². The van der Waals surface area contributed by atoms with Gasteiger partial charge in [0, 0.05) is 0 Å². The van der Waals surface area contributed by atoms with Crippen molar-refractivity contribution in [2.24, 2.45) is 0 Å². The maximum atomic E-state index is 12.5. The van der Waals surface area contributed by atoms with Gasteiger partial charge in [-0.15, -0.1) is 0 Å². The van der Waals surface area contributed by atoms with Crippen LogP contribution in [0.25, 0.3) is 11.3 Å². The molecule has 0 unspecified atom stereocenters. The number of benzene rings is 1. The van der Waals surface area contributed by atoms with Crippen molar-refractivity contribution >= 4 is 27.7 Å². The van der Waals surface area contributed by atoms with E-state index in [-0.39, 0.29) is 12.4 Å². The third-order valence-electron chi connectivity index (χ3n) is 3.74. The Kier molecular flexibility index (Phi) is 3.21. The molecule has 0 radical (unpaired) electrons. The van der Waals surface area contributed by atoms with E-state index < -0.39 is 18.4 Å². The first kappa shape index (κ1) is 13.8. The van der Waals surface area contributed by atoms with Crippen LogP contribution >= 0.6 is 0 Å². The van der Waals surface area contributed by atoms with Crippen molar-refractivity contribution in [3.63, 3.8) is 0 Å². The number of aromatic nitrogens is 1. The summed E-state index contributed by atoms with van der Waals surface area (Å²) in [6.45, 7) is -0.104. The molecular weight excluding hydrogens is 357 g/mol. The Morgan fingerprint density at radius 3 is 2.40 bits per heavy atom. The summed E-state index contributed by atoms with van der Waals surface area (Å²) in [5.41, 5.74) is 3.64. The number of aliphatic hydroxyl groups is 1. The van der Waals surface area contributed by atoms with Gasteiger partial charge in [0.25, 0.3) is 0 Å². The number of rotatable bonds is 2. The molecule has 0 aliphatic heterocycles. The average Bonchev–Trinajstić information content (AvgIpc) is 2.70. The summed E-state index contributed by atoms with van der Waals surface area (Å²) in [5.74, 6) is 0.0596. The van der Waals surface area contributed by atoms with Crippen LogP contribution in [-0.2, 0) is 6.61 Å². The van der Waals surface area contributed by atoms with Gasteiger partial charge in [-0.2, -0.15) is 0 Å². The SMILES string of the molecule is [CH3][Sn]([CH3])([CH3])[c]1ccc2c(c1)C(=O)c1ccc(CO)nc1-2. The Balaban J connectivity index is 2.20. The molecule has 0 bridgehead atoms. The summed E-state index contributed by atoms with van der Waals surface area (Å²) in [6, 6.07) is 9.71. The van der Waals surface area contributed by atoms with E-state index in [2.05, 4.69) is 31.9 Å². The number of aliphatic hydroxyl groups excluding tert-OH is 1. The molecule has 4 heteroatoms. The Labute approximate surface area is 122 Å². The molecule has 0 saturated carbocycles. The van der Waals surface area contributed by atoms with Gasteiger partial charge in [0.15, 0.2) is 0 Å². The fourth-order valence-corrected chi connectivity index (χ4v) is 5.84. The molecule has 1 aliphatic rings. The van der Waals surface area contributed by atoms with Crippen LogP contribution in [0.2, 0.25) is 14.8 Å². The maximum absolute atomic E-state index is 12.5. The molecule has 1 heterocycles. The second kappa shape index (κ2) is 4.67. The second-order valence-corrected chi connectivity index (χ2v) is 20.7. The van der Waals surface area contributed by atoms with Gasteiger partial charge in [-0.1, -0.05) is 0 Å². The van der Waals surface area contributed by atoms with Crippen molar-refractivity contribution < 1.29 is 9.90 Å². The quantitative estimate of drug-likeness (QED) is 0.701. The molecule has 3 nitrogen and oxygen atoms in total. The summed E-state index contributed by atoms with van der Waals surface area (Å²) < 4.78 is 1.35. The Morgan fingerprint density at radius 2 is 1.75 bits per heavy atom. The monoisotopic (exact) mass is 375 g/mol. The van der Waals surface area contributed by atoms with Gasteiger partial charge in [-0.3, -0.25) is 0 Å². The molecule has 0 amide bonds. The van der Waals surface area contributed by atoms with Crippen LogP contribution in [0, 0.1) is 0 Å². The Hall–Kier alpha value is -1.20. The fourth-order valence-electron chi connectivity index (χ4n) is 2.53. The molecule has 0 fully saturated rings. The van der Waals surface area contributed by atoms with Crippen LogP contribution in [0.3, 0.4) is 0 Å². The molecule has 1 N–H and O–H groups in total. The average molecular weight is 374 g/mol. The molecule has 20 heavy (non-hydrogen) atoms. The van der Waals surface area contributed by atoms with Gasteiger partial charge in [0.05, 0.1) is 0 Å². The van der Waals surface area contributed by atoms with Gasteiger partial charge in [-0.05, 0) is 0 Å². The van der Waals surface area contributed by atoms with Crippen LogP contribution in [-0.4, -0.2) is 34.3 Å². The first-order valence-electron chi connectivity index (χ1n) is 6.72. The predicted octanol–water partition coefficient (Wildman–Crippen LogP) is 2.33. The van der Waals surface area contributed by atoms with Crippen molar-refractivity contribution in [1.29, 1.82) is 0 Å². The first-order valence-corrected chi connectivity index (χ1v) is 16.7. The molecule has 3 rings (SSSR count). The molecule has 1 aliphatic carbocycles. The summed E-state index contributed by atoms with van der Waals surface area (Å²) >= 11 is -2.18. The van der Waals surface area contributed by atoms with E-state index in [1.807, 2.05) is 6.07 Å². The van der Waals surface area contributed by atoms with Crippen molar-refractivity contribution in [1.82, 2.24) is 4.98 Å². The van der Waals surface area contributed by atoms with E-state index in [4.69, 9.17) is 0 Å². The molecule has 0 saturated heterocycles. The van der Waals surface area contributed by atoms with E-state index in [0.717, 1.165) is 11.1 Å². The number of fused-ring (bicyclic) bond motifs is 3. The first-order chi connectivity index (χ1) is 9.41. The van der Waals surface area contributed by atoms with Gasteiger partial charge in [0.1, 0.15) is 0 Å². The number of carbonyl (C=O) groups is 1. The van der Waals surface area contributed by atoms with Gasteiger partial charge >= 0.3 is 122 Å². The van der Waals surface area contributed by atoms with Gasteiger partial charge in [0.2, 0.25) is 0 Å². The number of nitrogens with zero attached hydrogens (tertiary/aromatic N) is 1. The van der Waals surface area contributed by atoms with E-state index in [0.29, 0.717) is 17.0 Å². The third-order valence-corrected chi connectivity index (χ3v) is 9.58. The second-order valence-electron chi connectivity index (χ2n) is 6.20. The minimum atomic E-state index is -2.18. The predicted molar refractivity (Wildman–Crippen MR) is 82.0 cm³/mol. The van der Waals surface area contributed by atoms with Crippen molar-refractivity contribution in [3.8, 4) is 11.3 Å². The molecule has 0 spiro atoms. The van der Waals surface area contributed by atoms with E-state index in [1.54, 1.807) is 12.1 Å². The van der Waals surface area contributed by atoms with Crippen molar-refractivity contribution in [2.75, 3.05) is 0 Å². The van der Waals surface area contributed by atoms with Crippen LogP contribution in [0.1, 0.15) is 21.6 Å². The van der Waals surface area contributed by atoms with Crippen molar-refractivity contribution in [3.05, 3.63) is 47.2 Å². The molecule has 2 aromatic rings. The standard InChI is InChI=1S/C13H8NO2.3CH3.Sn/c15-7-8-5-6-11-12(14-8)9-3-1-2-4-10(9)13(11)16;;;;/h1,3-6,15H,7H2;3*1H3;. The third kappa shape index (κ3) is 2.09. The van der Waals surface area contributed by atoms with E-state index in [9.17, 15) is 9.90 Å². The number of ketones is 1. The number of hydrogen-bond acceptors (Lipinski definition) is 3. The summed E-state index contributed by atoms with van der Waals surface area (Å²) in [5, 5.41) is 9.19. The normalized spacial score (nSPS) is 13.3. The minimum absolute atomic E-state index is 0.0596. The fraction of sp³-hybridized carbons (Fsp3) is 0.250. The zero-order valence-electron chi connectivity index (χ0n) is 11.9. The number of hydrogen-bond donors (Lipinski definition) is 1.